The molecule has 9 heteroatoms. The van der Waals surface area contributed by atoms with Gasteiger partial charge in [-0.3, -0.25) is 9.59 Å². The zero-order valence-electron chi connectivity index (χ0n) is 16.1. The molecule has 0 aliphatic rings. The van der Waals surface area contributed by atoms with Gasteiger partial charge in [-0.05, 0) is 43.7 Å². The lowest BCUT2D eigenvalue weighted by molar-refractivity contribution is -0.117. The van der Waals surface area contributed by atoms with Crippen molar-refractivity contribution in [2.45, 2.75) is 20.4 Å². The second kappa shape index (κ2) is 8.18. The number of rotatable bonds is 4. The third-order valence-electron chi connectivity index (χ3n) is 4.47. The van der Waals surface area contributed by atoms with Crippen molar-refractivity contribution in [1.29, 1.82) is 0 Å². The van der Waals surface area contributed by atoms with E-state index in [1.165, 1.54) is 11.3 Å². The third kappa shape index (κ3) is 4.09. The Labute approximate surface area is 186 Å². The molecule has 1 amide bonds. The van der Waals surface area contributed by atoms with Crippen LogP contribution in [-0.2, 0) is 11.3 Å². The molecule has 2 heterocycles. The lowest BCUT2D eigenvalue weighted by Crippen LogP contribution is -2.30. The number of carbonyl (C=O) groups excluding carboxylic acids is 1. The van der Waals surface area contributed by atoms with E-state index in [1.807, 2.05) is 32.0 Å². The quantitative estimate of drug-likeness (QED) is 0.462. The van der Waals surface area contributed by atoms with Crippen LogP contribution >= 0.6 is 34.5 Å². The fourth-order valence-electron chi connectivity index (χ4n) is 2.98. The molecule has 0 radical (unpaired) electrons. The second-order valence-corrected chi connectivity index (χ2v) is 8.79. The van der Waals surface area contributed by atoms with Crippen LogP contribution in [0.5, 0.6) is 0 Å². The van der Waals surface area contributed by atoms with E-state index in [0.29, 0.717) is 31.6 Å². The van der Waals surface area contributed by atoms with Gasteiger partial charge in [-0.25, -0.2) is 9.67 Å². The number of hydrogen-bond acceptors (Lipinski definition) is 5. The summed E-state index contributed by atoms with van der Waals surface area (Å²) in [6.07, 6.45) is 0. The van der Waals surface area contributed by atoms with E-state index in [2.05, 4.69) is 15.4 Å². The summed E-state index contributed by atoms with van der Waals surface area (Å²) in [5.41, 5.74) is 2.70. The number of halogens is 2. The van der Waals surface area contributed by atoms with Crippen LogP contribution in [0.1, 0.15) is 10.6 Å². The molecule has 0 spiro atoms. The number of benzene rings is 2. The first-order valence-corrected chi connectivity index (χ1v) is 10.6. The Balaban J connectivity index is 1.72. The topological polar surface area (TPSA) is 76.9 Å². The highest BCUT2D eigenvalue weighted by Crippen LogP contribution is 2.30. The van der Waals surface area contributed by atoms with E-state index in [9.17, 15) is 9.59 Å². The minimum atomic E-state index is -0.413. The monoisotopic (exact) mass is 458 g/mol. The third-order valence-corrected chi connectivity index (χ3v) is 6.11. The fraction of sp³-hybridized carbons (Fsp3) is 0.143. The van der Waals surface area contributed by atoms with Crippen molar-refractivity contribution in [3.8, 4) is 11.3 Å². The molecule has 0 fully saturated rings. The van der Waals surface area contributed by atoms with Gasteiger partial charge in [0.2, 0.25) is 5.91 Å². The molecular weight excluding hydrogens is 443 g/mol. The number of aromatic nitrogens is 3. The average Bonchev–Trinajstić information content (AvgIpc) is 3.10. The van der Waals surface area contributed by atoms with Crippen molar-refractivity contribution in [3.05, 3.63) is 73.4 Å². The van der Waals surface area contributed by atoms with Gasteiger partial charge in [-0.15, -0.1) is 11.3 Å². The van der Waals surface area contributed by atoms with Gasteiger partial charge in [0.1, 0.15) is 12.2 Å². The van der Waals surface area contributed by atoms with Gasteiger partial charge in [-0.2, -0.15) is 5.10 Å². The Morgan fingerprint density at radius 1 is 1.13 bits per heavy atom. The Hall–Kier alpha value is -2.74. The van der Waals surface area contributed by atoms with Gasteiger partial charge in [-0.1, -0.05) is 41.4 Å². The summed E-state index contributed by atoms with van der Waals surface area (Å²) in [5, 5.41) is 9.11. The number of hydrogen-bond donors (Lipinski definition) is 1. The van der Waals surface area contributed by atoms with Gasteiger partial charge >= 0.3 is 0 Å². The molecule has 1 N–H and O–H groups in total. The molecule has 0 unspecified atom stereocenters. The maximum absolute atomic E-state index is 12.9. The highest BCUT2D eigenvalue weighted by Gasteiger charge is 2.18. The SMILES string of the molecule is Cc1nc2c(=O)n(CC(=O)Nc3ccc(C)c(Cl)c3)nc(-c3ccc(Cl)cc3)c2s1. The number of anilines is 1. The van der Waals surface area contributed by atoms with Crippen LogP contribution < -0.4 is 10.9 Å². The maximum atomic E-state index is 12.9. The largest absolute Gasteiger partial charge is 0.324 e. The Morgan fingerprint density at radius 2 is 1.87 bits per heavy atom. The summed E-state index contributed by atoms with van der Waals surface area (Å²) < 4.78 is 1.82. The van der Waals surface area contributed by atoms with E-state index in [4.69, 9.17) is 23.2 Å². The predicted molar refractivity (Wildman–Crippen MR) is 122 cm³/mol. The van der Waals surface area contributed by atoms with Crippen molar-refractivity contribution < 1.29 is 4.79 Å². The van der Waals surface area contributed by atoms with Crippen LogP contribution in [0.2, 0.25) is 10.0 Å². The maximum Gasteiger partial charge on any atom is 0.294 e. The van der Waals surface area contributed by atoms with E-state index in [0.717, 1.165) is 20.8 Å². The summed E-state index contributed by atoms with van der Waals surface area (Å²) in [4.78, 5) is 29.8. The summed E-state index contributed by atoms with van der Waals surface area (Å²) in [7, 11) is 0. The average molecular weight is 459 g/mol. The zero-order valence-corrected chi connectivity index (χ0v) is 18.4. The van der Waals surface area contributed by atoms with E-state index in [1.54, 1.807) is 24.3 Å². The van der Waals surface area contributed by atoms with Crippen molar-refractivity contribution in [3.63, 3.8) is 0 Å². The standard InChI is InChI=1S/C21H16Cl2N4O2S/c1-11-3-8-15(9-16(11)23)25-17(28)10-27-21(29)19-20(30-12(2)24-19)18(26-27)13-4-6-14(22)7-5-13/h3-9H,10H2,1-2H3,(H,25,28). The molecule has 0 atom stereocenters. The predicted octanol–water partition coefficient (Wildman–Crippen LogP) is 5.08. The number of amides is 1. The molecule has 0 aliphatic carbocycles. The first kappa shape index (κ1) is 20.5. The number of nitrogens with zero attached hydrogens (tertiary/aromatic N) is 3. The minimum Gasteiger partial charge on any atom is -0.324 e. The Bertz CT molecular complexity index is 1330. The number of carbonyl (C=O) groups is 1. The van der Waals surface area contributed by atoms with Crippen molar-refractivity contribution in [2.75, 3.05) is 5.32 Å². The van der Waals surface area contributed by atoms with Gasteiger partial charge < -0.3 is 5.32 Å². The number of fused-ring (bicyclic) bond motifs is 1. The van der Waals surface area contributed by atoms with E-state index < -0.39 is 11.5 Å². The Morgan fingerprint density at radius 3 is 2.57 bits per heavy atom. The summed E-state index contributed by atoms with van der Waals surface area (Å²) in [6.45, 7) is 3.45. The van der Waals surface area contributed by atoms with Crippen LogP contribution in [0.4, 0.5) is 5.69 Å². The van der Waals surface area contributed by atoms with Gasteiger partial charge in [0.05, 0.1) is 9.71 Å². The van der Waals surface area contributed by atoms with Crippen LogP contribution in [0.15, 0.2) is 47.3 Å². The normalized spacial score (nSPS) is 11.1. The lowest BCUT2D eigenvalue weighted by atomic mass is 10.1. The van der Waals surface area contributed by atoms with Crippen LogP contribution in [0, 0.1) is 13.8 Å². The molecule has 152 valence electrons. The van der Waals surface area contributed by atoms with Crippen LogP contribution in [0.3, 0.4) is 0 Å². The molecule has 4 rings (SSSR count). The van der Waals surface area contributed by atoms with E-state index >= 15 is 0 Å². The molecular formula is C21H16Cl2N4O2S. The summed E-state index contributed by atoms with van der Waals surface area (Å²) in [6, 6.07) is 12.4. The first-order valence-electron chi connectivity index (χ1n) is 9.02. The molecule has 30 heavy (non-hydrogen) atoms. The molecule has 2 aromatic carbocycles. The molecule has 0 saturated carbocycles. The molecule has 0 bridgehead atoms. The van der Waals surface area contributed by atoms with Gasteiger partial charge in [0.25, 0.3) is 5.56 Å². The highest BCUT2D eigenvalue weighted by molar-refractivity contribution is 7.19. The van der Waals surface area contributed by atoms with Crippen LogP contribution in [-0.4, -0.2) is 20.7 Å². The smallest absolute Gasteiger partial charge is 0.294 e. The molecule has 0 saturated heterocycles. The van der Waals surface area contributed by atoms with Crippen molar-refractivity contribution in [2.24, 2.45) is 0 Å². The zero-order chi connectivity index (χ0) is 21.4. The molecule has 2 aromatic heterocycles. The second-order valence-electron chi connectivity index (χ2n) is 6.74. The summed E-state index contributed by atoms with van der Waals surface area (Å²) in [5.74, 6) is -0.391. The van der Waals surface area contributed by atoms with Crippen LogP contribution in [0.25, 0.3) is 21.5 Å². The van der Waals surface area contributed by atoms with Crippen molar-refractivity contribution >= 4 is 56.3 Å². The molecule has 0 aliphatic heterocycles. The first-order chi connectivity index (χ1) is 14.3. The van der Waals surface area contributed by atoms with Gasteiger partial charge in [0.15, 0.2) is 5.52 Å². The minimum absolute atomic E-state index is 0.253. The fourth-order valence-corrected chi connectivity index (χ4v) is 4.20. The number of thiazole rings is 1. The van der Waals surface area contributed by atoms with E-state index in [-0.39, 0.29) is 6.54 Å². The number of aryl methyl sites for hydroxylation is 2. The highest BCUT2D eigenvalue weighted by atomic mass is 35.5. The van der Waals surface area contributed by atoms with Gasteiger partial charge in [0, 0.05) is 21.3 Å². The molecule has 6 nitrogen and oxygen atoms in total. The summed E-state index contributed by atoms with van der Waals surface area (Å²) >= 11 is 13.5. The Kier molecular flexibility index (Phi) is 5.60. The van der Waals surface area contributed by atoms with Crippen molar-refractivity contribution in [1.82, 2.24) is 14.8 Å². The lowest BCUT2D eigenvalue weighted by Gasteiger charge is -2.10. The number of nitrogens with one attached hydrogen (secondary N) is 1. The molecule has 4 aromatic rings.